The smallest absolute Gasteiger partial charge is 0.0802 e. The predicted octanol–water partition coefficient (Wildman–Crippen LogP) is 1.84. The van der Waals surface area contributed by atoms with E-state index in [0.717, 1.165) is 35.6 Å². The van der Waals surface area contributed by atoms with Crippen molar-refractivity contribution in [2.24, 2.45) is 0 Å². The third-order valence-corrected chi connectivity index (χ3v) is 2.96. The molecule has 5 heteroatoms. The van der Waals surface area contributed by atoms with E-state index >= 15 is 0 Å². The Bertz CT molecular complexity index is 527. The van der Waals surface area contributed by atoms with E-state index in [0.29, 0.717) is 0 Å². The molecule has 0 aliphatic rings. The number of aromatic nitrogens is 4. The van der Waals surface area contributed by atoms with Crippen LogP contribution in [0.25, 0.3) is 0 Å². The first-order chi connectivity index (χ1) is 9.26. The fourth-order valence-corrected chi connectivity index (χ4v) is 2.10. The lowest BCUT2D eigenvalue weighted by atomic mass is 10.0. The lowest BCUT2D eigenvalue weighted by molar-refractivity contribution is 0.600. The summed E-state index contributed by atoms with van der Waals surface area (Å²) in [6.07, 6.45) is 6.04. The molecule has 0 bridgehead atoms. The molecule has 5 nitrogen and oxygen atoms in total. The van der Waals surface area contributed by atoms with Gasteiger partial charge in [0, 0.05) is 18.0 Å². The minimum absolute atomic E-state index is 0.0165. The van der Waals surface area contributed by atoms with Gasteiger partial charge in [-0.1, -0.05) is 13.8 Å². The molecular weight excluding hydrogens is 238 g/mol. The Balaban J connectivity index is 2.47. The van der Waals surface area contributed by atoms with Gasteiger partial charge < -0.3 is 5.32 Å². The molecule has 0 aromatic carbocycles. The largest absolute Gasteiger partial charge is 0.305 e. The summed E-state index contributed by atoms with van der Waals surface area (Å²) in [7, 11) is 0. The van der Waals surface area contributed by atoms with Crippen LogP contribution in [-0.4, -0.2) is 26.7 Å². The second kappa shape index (κ2) is 6.33. The van der Waals surface area contributed by atoms with Crippen molar-refractivity contribution in [1.82, 2.24) is 25.5 Å². The van der Waals surface area contributed by atoms with Crippen LogP contribution in [0.3, 0.4) is 0 Å². The molecular formula is C14H19N5. The van der Waals surface area contributed by atoms with Crippen LogP contribution in [0.2, 0.25) is 0 Å². The highest BCUT2D eigenvalue weighted by Crippen LogP contribution is 2.22. The number of nitrogens with zero attached hydrogens (tertiary/aromatic N) is 4. The molecule has 0 saturated heterocycles. The molecule has 0 aliphatic carbocycles. The van der Waals surface area contributed by atoms with Gasteiger partial charge in [-0.25, -0.2) is 0 Å². The van der Waals surface area contributed by atoms with Gasteiger partial charge in [0.05, 0.1) is 29.3 Å². The number of hydrogen-bond acceptors (Lipinski definition) is 5. The van der Waals surface area contributed by atoms with E-state index in [4.69, 9.17) is 0 Å². The summed E-state index contributed by atoms with van der Waals surface area (Å²) in [5.74, 6) is 0. The Labute approximate surface area is 113 Å². The van der Waals surface area contributed by atoms with E-state index in [1.165, 1.54) is 0 Å². The minimum atomic E-state index is 0.0165. The van der Waals surface area contributed by atoms with Crippen LogP contribution in [0.5, 0.6) is 0 Å². The Hall–Kier alpha value is -1.88. The van der Waals surface area contributed by atoms with Gasteiger partial charge in [0.2, 0.25) is 0 Å². The number of hydrogen-bond donors (Lipinski definition) is 1. The first kappa shape index (κ1) is 13.5. The van der Waals surface area contributed by atoms with Gasteiger partial charge in [0.15, 0.2) is 0 Å². The molecule has 1 atom stereocenters. The maximum atomic E-state index is 4.41. The van der Waals surface area contributed by atoms with E-state index in [1.807, 2.05) is 6.92 Å². The van der Waals surface area contributed by atoms with Gasteiger partial charge in [-0.05, 0) is 26.0 Å². The maximum Gasteiger partial charge on any atom is 0.0802 e. The van der Waals surface area contributed by atoms with Crippen molar-refractivity contribution >= 4 is 0 Å². The molecule has 0 saturated carbocycles. The Morgan fingerprint density at radius 1 is 1.21 bits per heavy atom. The minimum Gasteiger partial charge on any atom is -0.305 e. The second-order valence-electron chi connectivity index (χ2n) is 4.36. The summed E-state index contributed by atoms with van der Waals surface area (Å²) in [5.41, 5.74) is 3.96. The van der Waals surface area contributed by atoms with Crippen molar-refractivity contribution in [1.29, 1.82) is 0 Å². The highest BCUT2D eigenvalue weighted by molar-refractivity contribution is 5.30. The molecule has 0 spiro atoms. The van der Waals surface area contributed by atoms with E-state index in [2.05, 4.69) is 45.4 Å². The Kier molecular flexibility index (Phi) is 4.52. The SMILES string of the molecule is CCNC(c1cnccn1)c1cc(C)nnc1CC. The summed E-state index contributed by atoms with van der Waals surface area (Å²) in [5, 5.41) is 11.9. The summed E-state index contributed by atoms with van der Waals surface area (Å²) >= 11 is 0. The predicted molar refractivity (Wildman–Crippen MR) is 73.7 cm³/mol. The molecule has 2 heterocycles. The number of aryl methyl sites for hydroxylation is 2. The first-order valence-electron chi connectivity index (χ1n) is 6.58. The Morgan fingerprint density at radius 3 is 2.68 bits per heavy atom. The normalized spacial score (nSPS) is 12.4. The third kappa shape index (κ3) is 3.12. The van der Waals surface area contributed by atoms with Gasteiger partial charge in [0.1, 0.15) is 0 Å². The van der Waals surface area contributed by atoms with Crippen molar-refractivity contribution in [3.8, 4) is 0 Å². The highest BCUT2D eigenvalue weighted by atomic mass is 15.1. The van der Waals surface area contributed by atoms with Gasteiger partial charge in [-0.2, -0.15) is 10.2 Å². The molecule has 1 unspecified atom stereocenters. The van der Waals surface area contributed by atoms with Crippen LogP contribution in [0.1, 0.15) is 42.5 Å². The fraction of sp³-hybridized carbons (Fsp3) is 0.429. The Morgan fingerprint density at radius 2 is 2.05 bits per heavy atom. The van der Waals surface area contributed by atoms with Gasteiger partial charge in [-0.15, -0.1) is 0 Å². The zero-order valence-electron chi connectivity index (χ0n) is 11.6. The van der Waals surface area contributed by atoms with Crippen LogP contribution in [0.15, 0.2) is 24.7 Å². The molecule has 2 aromatic heterocycles. The summed E-state index contributed by atoms with van der Waals surface area (Å²) < 4.78 is 0. The topological polar surface area (TPSA) is 63.6 Å². The van der Waals surface area contributed by atoms with Crippen molar-refractivity contribution in [3.05, 3.63) is 47.3 Å². The maximum absolute atomic E-state index is 4.41. The number of nitrogens with one attached hydrogen (secondary N) is 1. The fourth-order valence-electron chi connectivity index (χ4n) is 2.10. The molecule has 100 valence electrons. The molecule has 0 radical (unpaired) electrons. The van der Waals surface area contributed by atoms with Crippen LogP contribution < -0.4 is 5.32 Å². The van der Waals surface area contributed by atoms with E-state index in [1.54, 1.807) is 18.6 Å². The second-order valence-corrected chi connectivity index (χ2v) is 4.36. The van der Waals surface area contributed by atoms with E-state index in [9.17, 15) is 0 Å². The van der Waals surface area contributed by atoms with Crippen LogP contribution in [0, 0.1) is 6.92 Å². The molecule has 2 aromatic rings. The van der Waals surface area contributed by atoms with Crippen LogP contribution >= 0.6 is 0 Å². The van der Waals surface area contributed by atoms with Crippen LogP contribution in [0.4, 0.5) is 0 Å². The van der Waals surface area contributed by atoms with Crippen LogP contribution in [-0.2, 0) is 6.42 Å². The van der Waals surface area contributed by atoms with Crippen molar-refractivity contribution in [3.63, 3.8) is 0 Å². The molecule has 2 rings (SSSR count). The van der Waals surface area contributed by atoms with Crippen molar-refractivity contribution < 1.29 is 0 Å². The third-order valence-electron chi connectivity index (χ3n) is 2.96. The zero-order chi connectivity index (χ0) is 13.7. The quantitative estimate of drug-likeness (QED) is 0.885. The average molecular weight is 257 g/mol. The van der Waals surface area contributed by atoms with Gasteiger partial charge in [0.25, 0.3) is 0 Å². The zero-order valence-corrected chi connectivity index (χ0v) is 11.6. The summed E-state index contributed by atoms with van der Waals surface area (Å²) in [6, 6.07) is 2.09. The van der Waals surface area contributed by atoms with Gasteiger partial charge in [-0.3, -0.25) is 9.97 Å². The molecule has 0 fully saturated rings. The number of rotatable bonds is 5. The molecule has 1 N–H and O–H groups in total. The highest BCUT2D eigenvalue weighted by Gasteiger charge is 2.19. The summed E-state index contributed by atoms with van der Waals surface area (Å²) in [6.45, 7) is 6.97. The van der Waals surface area contributed by atoms with Crippen molar-refractivity contribution in [2.45, 2.75) is 33.2 Å². The van der Waals surface area contributed by atoms with E-state index < -0.39 is 0 Å². The monoisotopic (exact) mass is 257 g/mol. The molecule has 19 heavy (non-hydrogen) atoms. The first-order valence-corrected chi connectivity index (χ1v) is 6.58. The van der Waals surface area contributed by atoms with Gasteiger partial charge >= 0.3 is 0 Å². The molecule has 0 aliphatic heterocycles. The van der Waals surface area contributed by atoms with E-state index in [-0.39, 0.29) is 6.04 Å². The average Bonchev–Trinajstić information content (AvgIpc) is 2.45. The molecule has 0 amide bonds. The lowest BCUT2D eigenvalue weighted by Gasteiger charge is -2.19. The standard InChI is InChI=1S/C14H19N5/c1-4-12-11(8-10(3)18-19-12)14(16-5-2)13-9-15-6-7-17-13/h6-9,14,16H,4-5H2,1-3H3. The summed E-state index contributed by atoms with van der Waals surface area (Å²) in [4.78, 5) is 8.56. The van der Waals surface area contributed by atoms with Crippen molar-refractivity contribution in [2.75, 3.05) is 6.54 Å². The lowest BCUT2D eigenvalue weighted by Crippen LogP contribution is -2.25.